The van der Waals surface area contributed by atoms with E-state index < -0.39 is 11.7 Å². The highest BCUT2D eigenvalue weighted by Gasteiger charge is 2.16. The molecule has 2 rings (SSSR count). The van der Waals surface area contributed by atoms with E-state index in [0.29, 0.717) is 17.1 Å². The van der Waals surface area contributed by atoms with E-state index in [1.807, 2.05) is 39.0 Å². The molecule has 0 aliphatic carbocycles. The summed E-state index contributed by atoms with van der Waals surface area (Å²) < 4.78 is 10.8. The first-order valence-corrected chi connectivity index (χ1v) is 9.14. The van der Waals surface area contributed by atoms with Crippen LogP contribution >= 0.6 is 0 Å². The number of hydrogen-bond acceptors (Lipinski definition) is 4. The van der Waals surface area contributed by atoms with Gasteiger partial charge in [-0.2, -0.15) is 0 Å². The Morgan fingerprint density at radius 3 is 2.21 bits per heavy atom. The van der Waals surface area contributed by atoms with Gasteiger partial charge in [0.25, 0.3) is 5.91 Å². The molecule has 0 radical (unpaired) electrons. The molecule has 28 heavy (non-hydrogen) atoms. The third-order valence-electron chi connectivity index (χ3n) is 3.99. The monoisotopic (exact) mass is 384 g/mol. The number of ether oxygens (including phenoxy) is 2. The van der Waals surface area contributed by atoms with Crippen molar-refractivity contribution in [3.8, 4) is 5.75 Å². The molecule has 0 aromatic heterocycles. The maximum absolute atomic E-state index is 12.2. The Hall–Kier alpha value is -3.02. The highest BCUT2D eigenvalue weighted by molar-refractivity contribution is 5.93. The Morgan fingerprint density at radius 2 is 1.61 bits per heavy atom. The van der Waals surface area contributed by atoms with E-state index in [2.05, 4.69) is 10.6 Å². The summed E-state index contributed by atoms with van der Waals surface area (Å²) in [6, 6.07) is 10.9. The third kappa shape index (κ3) is 6.61. The Labute approximate surface area is 166 Å². The van der Waals surface area contributed by atoms with Crippen LogP contribution in [0, 0.1) is 20.8 Å². The lowest BCUT2D eigenvalue weighted by Gasteiger charge is -2.20. The fourth-order valence-corrected chi connectivity index (χ4v) is 2.44. The van der Waals surface area contributed by atoms with Crippen molar-refractivity contribution >= 4 is 23.4 Å². The van der Waals surface area contributed by atoms with Crippen molar-refractivity contribution in [2.75, 3.05) is 17.2 Å². The van der Waals surface area contributed by atoms with E-state index in [4.69, 9.17) is 9.47 Å². The topological polar surface area (TPSA) is 76.7 Å². The smallest absolute Gasteiger partial charge is 0.412 e. The first kappa shape index (κ1) is 21.3. The summed E-state index contributed by atoms with van der Waals surface area (Å²) in [5, 5.41) is 5.50. The molecule has 0 saturated heterocycles. The van der Waals surface area contributed by atoms with E-state index in [1.54, 1.807) is 39.0 Å². The zero-order valence-corrected chi connectivity index (χ0v) is 17.3. The number of aryl methyl sites for hydroxylation is 3. The van der Waals surface area contributed by atoms with Crippen LogP contribution in [0.25, 0.3) is 0 Å². The SMILES string of the molecule is Cc1ccc(OCC(=O)Nc2ccc(NC(=O)OC(C)(C)C)cc2C)cc1C. The maximum Gasteiger partial charge on any atom is 0.412 e. The van der Waals surface area contributed by atoms with Gasteiger partial charge in [-0.05, 0) is 88.6 Å². The van der Waals surface area contributed by atoms with E-state index in [-0.39, 0.29) is 12.5 Å². The second kappa shape index (κ2) is 8.78. The highest BCUT2D eigenvalue weighted by Crippen LogP contribution is 2.21. The highest BCUT2D eigenvalue weighted by atomic mass is 16.6. The van der Waals surface area contributed by atoms with Crippen LogP contribution in [-0.2, 0) is 9.53 Å². The van der Waals surface area contributed by atoms with Gasteiger partial charge >= 0.3 is 6.09 Å². The predicted octanol–water partition coefficient (Wildman–Crippen LogP) is 4.98. The minimum Gasteiger partial charge on any atom is -0.484 e. The van der Waals surface area contributed by atoms with Gasteiger partial charge in [-0.3, -0.25) is 10.1 Å². The van der Waals surface area contributed by atoms with E-state index in [1.165, 1.54) is 5.56 Å². The zero-order chi connectivity index (χ0) is 20.9. The molecule has 2 amide bonds. The van der Waals surface area contributed by atoms with Gasteiger partial charge in [-0.1, -0.05) is 6.07 Å². The first-order chi connectivity index (χ1) is 13.0. The number of nitrogens with one attached hydrogen (secondary N) is 2. The van der Waals surface area contributed by atoms with Crippen molar-refractivity contribution in [2.24, 2.45) is 0 Å². The van der Waals surface area contributed by atoms with Crippen molar-refractivity contribution in [2.45, 2.75) is 47.1 Å². The van der Waals surface area contributed by atoms with Crippen LogP contribution in [0.15, 0.2) is 36.4 Å². The summed E-state index contributed by atoms with van der Waals surface area (Å²) in [5.41, 5.74) is 3.78. The van der Waals surface area contributed by atoms with E-state index in [9.17, 15) is 9.59 Å². The minimum atomic E-state index is -0.566. The van der Waals surface area contributed by atoms with Crippen LogP contribution in [0.4, 0.5) is 16.2 Å². The summed E-state index contributed by atoms with van der Waals surface area (Å²) in [6.45, 7) is 11.2. The van der Waals surface area contributed by atoms with E-state index in [0.717, 1.165) is 11.1 Å². The molecule has 150 valence electrons. The molecule has 0 spiro atoms. The van der Waals surface area contributed by atoms with Crippen molar-refractivity contribution in [1.29, 1.82) is 0 Å². The van der Waals surface area contributed by atoms with Crippen molar-refractivity contribution in [1.82, 2.24) is 0 Å². The molecule has 6 nitrogen and oxygen atoms in total. The molecule has 0 heterocycles. The maximum atomic E-state index is 12.2. The van der Waals surface area contributed by atoms with E-state index >= 15 is 0 Å². The van der Waals surface area contributed by atoms with Crippen molar-refractivity contribution < 1.29 is 19.1 Å². The van der Waals surface area contributed by atoms with Crippen LogP contribution in [0.2, 0.25) is 0 Å². The van der Waals surface area contributed by atoms with Crippen LogP contribution in [0.3, 0.4) is 0 Å². The number of hydrogen-bond donors (Lipinski definition) is 2. The van der Waals surface area contributed by atoms with Gasteiger partial charge in [0.05, 0.1) is 0 Å². The molecule has 6 heteroatoms. The molecule has 0 unspecified atom stereocenters. The Balaban J connectivity index is 1.92. The number of benzene rings is 2. The van der Waals surface area contributed by atoms with Crippen LogP contribution in [0.1, 0.15) is 37.5 Å². The fraction of sp³-hybridized carbons (Fsp3) is 0.364. The number of amides is 2. The molecule has 2 aromatic carbocycles. The Morgan fingerprint density at radius 1 is 0.893 bits per heavy atom. The number of carbonyl (C=O) groups is 2. The minimum absolute atomic E-state index is 0.0835. The van der Waals surface area contributed by atoms with Gasteiger partial charge in [-0.15, -0.1) is 0 Å². The quantitative estimate of drug-likeness (QED) is 0.762. The molecule has 0 saturated carbocycles. The first-order valence-electron chi connectivity index (χ1n) is 9.14. The lowest BCUT2D eigenvalue weighted by atomic mass is 10.1. The number of carbonyl (C=O) groups excluding carboxylic acids is 2. The molecule has 0 bridgehead atoms. The van der Waals surface area contributed by atoms with Gasteiger partial charge in [0.2, 0.25) is 0 Å². The molecule has 0 fully saturated rings. The predicted molar refractivity (Wildman–Crippen MR) is 111 cm³/mol. The largest absolute Gasteiger partial charge is 0.484 e. The third-order valence-corrected chi connectivity index (χ3v) is 3.99. The summed E-state index contributed by atoms with van der Waals surface area (Å²) in [4.78, 5) is 24.0. The lowest BCUT2D eigenvalue weighted by Crippen LogP contribution is -2.27. The van der Waals surface area contributed by atoms with Crippen LogP contribution in [0.5, 0.6) is 5.75 Å². The Kier molecular flexibility index (Phi) is 6.67. The van der Waals surface area contributed by atoms with Gasteiger partial charge in [0.1, 0.15) is 11.4 Å². The molecule has 2 N–H and O–H groups in total. The molecule has 2 aromatic rings. The molecule has 0 aliphatic rings. The van der Waals surface area contributed by atoms with Crippen molar-refractivity contribution in [3.05, 3.63) is 53.1 Å². The molecular weight excluding hydrogens is 356 g/mol. The van der Waals surface area contributed by atoms with Gasteiger partial charge in [0, 0.05) is 11.4 Å². The standard InChI is InChI=1S/C22H28N2O4/c1-14-7-9-18(12-15(14)2)27-13-20(25)24-19-10-8-17(11-16(19)3)23-21(26)28-22(4,5)6/h7-12H,13H2,1-6H3,(H,23,26)(H,24,25). The normalized spacial score (nSPS) is 10.9. The fourth-order valence-electron chi connectivity index (χ4n) is 2.44. The van der Waals surface area contributed by atoms with Gasteiger partial charge in [0.15, 0.2) is 6.61 Å². The lowest BCUT2D eigenvalue weighted by molar-refractivity contribution is -0.118. The van der Waals surface area contributed by atoms with Crippen molar-refractivity contribution in [3.63, 3.8) is 0 Å². The van der Waals surface area contributed by atoms with Gasteiger partial charge in [-0.25, -0.2) is 4.79 Å². The number of rotatable bonds is 5. The average molecular weight is 384 g/mol. The van der Waals surface area contributed by atoms with Gasteiger partial charge < -0.3 is 14.8 Å². The number of anilines is 2. The van der Waals surface area contributed by atoms with Crippen LogP contribution < -0.4 is 15.4 Å². The molecule has 0 atom stereocenters. The van der Waals surface area contributed by atoms with Crippen LogP contribution in [-0.4, -0.2) is 24.2 Å². The second-order valence-electron chi connectivity index (χ2n) is 7.74. The summed E-state index contributed by atoms with van der Waals surface area (Å²) in [6.07, 6.45) is -0.523. The Bertz CT molecular complexity index is 869. The summed E-state index contributed by atoms with van der Waals surface area (Å²) in [7, 11) is 0. The zero-order valence-electron chi connectivity index (χ0n) is 17.3. The summed E-state index contributed by atoms with van der Waals surface area (Å²) >= 11 is 0. The second-order valence-corrected chi connectivity index (χ2v) is 7.74. The summed E-state index contributed by atoms with van der Waals surface area (Å²) in [5.74, 6) is 0.404. The molecular formula is C22H28N2O4. The average Bonchev–Trinajstić information content (AvgIpc) is 2.56. The molecule has 0 aliphatic heterocycles.